The molecule has 0 amide bonds. The molecular formula is C11H21NO3. The second kappa shape index (κ2) is 6.08. The molecule has 0 aromatic rings. The normalized spacial score (nSPS) is 29.3. The average Bonchev–Trinajstić information content (AvgIpc) is 2.42. The van der Waals surface area contributed by atoms with Gasteiger partial charge < -0.3 is 15.6 Å². The first-order valence-electron chi connectivity index (χ1n) is 5.77. The molecule has 0 spiro atoms. The predicted octanol–water partition coefficient (Wildman–Crippen LogP) is 0.818. The van der Waals surface area contributed by atoms with Gasteiger partial charge in [0, 0.05) is 5.92 Å². The highest BCUT2D eigenvalue weighted by molar-refractivity contribution is 5.75. The van der Waals surface area contributed by atoms with Crippen LogP contribution in [0.4, 0.5) is 0 Å². The monoisotopic (exact) mass is 215 g/mol. The van der Waals surface area contributed by atoms with Gasteiger partial charge in [0.15, 0.2) is 0 Å². The van der Waals surface area contributed by atoms with Gasteiger partial charge in [0.1, 0.15) is 6.04 Å². The van der Waals surface area contributed by atoms with Crippen LogP contribution in [-0.2, 0) is 9.53 Å². The van der Waals surface area contributed by atoms with Gasteiger partial charge in [-0.3, -0.25) is 4.79 Å². The summed E-state index contributed by atoms with van der Waals surface area (Å²) in [5.41, 5.74) is 5.80. The molecule has 1 saturated carbocycles. The van der Waals surface area contributed by atoms with E-state index in [1.165, 1.54) is 0 Å². The minimum Gasteiger partial charge on any atom is -0.465 e. The minimum atomic E-state index is -0.668. The highest BCUT2D eigenvalue weighted by Crippen LogP contribution is 2.25. The average molecular weight is 215 g/mol. The summed E-state index contributed by atoms with van der Waals surface area (Å²) in [7, 11) is 0. The smallest absolute Gasteiger partial charge is 0.323 e. The lowest BCUT2D eigenvalue weighted by molar-refractivity contribution is -0.147. The summed E-state index contributed by atoms with van der Waals surface area (Å²) in [6.45, 7) is 2.10. The van der Waals surface area contributed by atoms with Gasteiger partial charge in [0.05, 0.1) is 12.7 Å². The van der Waals surface area contributed by atoms with Crippen molar-refractivity contribution in [1.29, 1.82) is 0 Å². The van der Waals surface area contributed by atoms with Crippen LogP contribution in [0.1, 0.15) is 39.0 Å². The van der Waals surface area contributed by atoms with Gasteiger partial charge in [-0.1, -0.05) is 19.3 Å². The molecule has 1 aliphatic carbocycles. The molecule has 1 aliphatic rings. The molecule has 4 heteroatoms. The van der Waals surface area contributed by atoms with Crippen LogP contribution >= 0.6 is 0 Å². The van der Waals surface area contributed by atoms with Crippen molar-refractivity contribution in [2.24, 2.45) is 11.7 Å². The molecule has 3 unspecified atom stereocenters. The fourth-order valence-electron chi connectivity index (χ4n) is 2.15. The number of aliphatic hydroxyl groups is 1. The molecule has 0 aromatic heterocycles. The van der Waals surface area contributed by atoms with Crippen molar-refractivity contribution in [2.45, 2.75) is 51.2 Å². The number of aliphatic hydroxyl groups excluding tert-OH is 1. The first-order chi connectivity index (χ1) is 7.16. The Morgan fingerprint density at radius 3 is 2.80 bits per heavy atom. The van der Waals surface area contributed by atoms with Crippen LogP contribution in [-0.4, -0.2) is 29.8 Å². The van der Waals surface area contributed by atoms with E-state index in [9.17, 15) is 9.90 Å². The summed E-state index contributed by atoms with van der Waals surface area (Å²) < 4.78 is 4.87. The molecule has 4 nitrogen and oxygen atoms in total. The summed E-state index contributed by atoms with van der Waals surface area (Å²) >= 11 is 0. The second-order valence-corrected chi connectivity index (χ2v) is 4.15. The summed E-state index contributed by atoms with van der Waals surface area (Å²) in [6, 6.07) is -0.668. The van der Waals surface area contributed by atoms with Crippen LogP contribution in [0.25, 0.3) is 0 Å². The summed E-state index contributed by atoms with van der Waals surface area (Å²) in [6.07, 6.45) is 4.29. The SMILES string of the molecule is CCOC(=O)C(N)C1CCCCCC1O. The Morgan fingerprint density at radius 2 is 2.13 bits per heavy atom. The van der Waals surface area contributed by atoms with E-state index in [4.69, 9.17) is 10.5 Å². The number of esters is 1. The maximum atomic E-state index is 11.4. The molecule has 3 atom stereocenters. The molecular weight excluding hydrogens is 194 g/mol. The Kier molecular flexibility index (Phi) is 5.05. The Hall–Kier alpha value is -0.610. The van der Waals surface area contributed by atoms with E-state index in [2.05, 4.69) is 0 Å². The van der Waals surface area contributed by atoms with Crippen molar-refractivity contribution in [3.05, 3.63) is 0 Å². The maximum Gasteiger partial charge on any atom is 0.323 e. The third-order valence-electron chi connectivity index (χ3n) is 3.05. The van der Waals surface area contributed by atoms with Gasteiger partial charge >= 0.3 is 5.97 Å². The van der Waals surface area contributed by atoms with E-state index >= 15 is 0 Å². The lowest BCUT2D eigenvalue weighted by atomic mass is 9.90. The number of rotatable bonds is 3. The van der Waals surface area contributed by atoms with Crippen LogP contribution in [0.2, 0.25) is 0 Å². The summed E-state index contributed by atoms with van der Waals surface area (Å²) in [4.78, 5) is 11.4. The van der Waals surface area contributed by atoms with E-state index < -0.39 is 12.1 Å². The van der Waals surface area contributed by atoms with Crippen molar-refractivity contribution < 1.29 is 14.6 Å². The highest BCUT2D eigenvalue weighted by atomic mass is 16.5. The Balaban J connectivity index is 2.54. The zero-order valence-electron chi connectivity index (χ0n) is 9.32. The van der Waals surface area contributed by atoms with E-state index in [-0.39, 0.29) is 11.9 Å². The molecule has 3 N–H and O–H groups in total. The van der Waals surface area contributed by atoms with Crippen molar-refractivity contribution in [2.75, 3.05) is 6.61 Å². The molecule has 0 aromatic carbocycles. The number of carbonyl (C=O) groups excluding carboxylic acids is 1. The zero-order valence-corrected chi connectivity index (χ0v) is 9.32. The zero-order chi connectivity index (χ0) is 11.3. The Bertz CT molecular complexity index is 208. The van der Waals surface area contributed by atoms with E-state index in [1.54, 1.807) is 6.92 Å². The quantitative estimate of drug-likeness (QED) is 0.540. The fourth-order valence-corrected chi connectivity index (χ4v) is 2.15. The maximum absolute atomic E-state index is 11.4. The van der Waals surface area contributed by atoms with Crippen LogP contribution in [0, 0.1) is 5.92 Å². The molecule has 88 valence electrons. The molecule has 0 radical (unpaired) electrons. The molecule has 1 rings (SSSR count). The fraction of sp³-hybridized carbons (Fsp3) is 0.909. The molecule has 0 bridgehead atoms. The molecule has 1 fully saturated rings. The Labute approximate surface area is 90.8 Å². The van der Waals surface area contributed by atoms with E-state index in [0.29, 0.717) is 6.61 Å². The number of hydrogen-bond acceptors (Lipinski definition) is 4. The van der Waals surface area contributed by atoms with Crippen LogP contribution in [0.3, 0.4) is 0 Å². The van der Waals surface area contributed by atoms with E-state index in [1.807, 2.05) is 0 Å². The van der Waals surface area contributed by atoms with Gasteiger partial charge in [0.25, 0.3) is 0 Å². The number of carbonyl (C=O) groups is 1. The van der Waals surface area contributed by atoms with Gasteiger partial charge in [-0.2, -0.15) is 0 Å². The number of ether oxygens (including phenoxy) is 1. The van der Waals surface area contributed by atoms with Crippen LogP contribution < -0.4 is 5.73 Å². The van der Waals surface area contributed by atoms with Crippen molar-refractivity contribution >= 4 is 5.97 Å². The topological polar surface area (TPSA) is 72.5 Å². The van der Waals surface area contributed by atoms with Crippen molar-refractivity contribution in [1.82, 2.24) is 0 Å². The predicted molar refractivity (Wildman–Crippen MR) is 57.2 cm³/mol. The summed E-state index contributed by atoms with van der Waals surface area (Å²) in [5, 5.41) is 9.85. The molecule has 0 aliphatic heterocycles. The third-order valence-corrected chi connectivity index (χ3v) is 3.05. The number of nitrogens with two attached hydrogens (primary N) is 1. The third kappa shape index (κ3) is 3.47. The number of hydrogen-bond donors (Lipinski definition) is 2. The molecule has 0 saturated heterocycles. The van der Waals surface area contributed by atoms with Crippen molar-refractivity contribution in [3.8, 4) is 0 Å². The van der Waals surface area contributed by atoms with Gasteiger partial charge in [-0.05, 0) is 19.8 Å². The lowest BCUT2D eigenvalue weighted by Crippen LogP contribution is -2.44. The first-order valence-corrected chi connectivity index (χ1v) is 5.77. The summed E-state index contributed by atoms with van der Waals surface area (Å²) in [5.74, 6) is -0.519. The van der Waals surface area contributed by atoms with Gasteiger partial charge in [-0.25, -0.2) is 0 Å². The second-order valence-electron chi connectivity index (χ2n) is 4.15. The van der Waals surface area contributed by atoms with Crippen LogP contribution in [0.15, 0.2) is 0 Å². The minimum absolute atomic E-state index is 0.133. The highest BCUT2D eigenvalue weighted by Gasteiger charge is 2.32. The molecule has 0 heterocycles. The molecule has 15 heavy (non-hydrogen) atoms. The van der Waals surface area contributed by atoms with Gasteiger partial charge in [-0.15, -0.1) is 0 Å². The Morgan fingerprint density at radius 1 is 1.47 bits per heavy atom. The first kappa shape index (κ1) is 12.5. The van der Waals surface area contributed by atoms with E-state index in [0.717, 1.165) is 32.1 Å². The van der Waals surface area contributed by atoms with Crippen molar-refractivity contribution in [3.63, 3.8) is 0 Å². The lowest BCUT2D eigenvalue weighted by Gasteiger charge is -2.25. The standard InChI is InChI=1S/C11H21NO3/c1-2-15-11(14)10(12)8-6-4-3-5-7-9(8)13/h8-10,13H,2-7,12H2,1H3. The van der Waals surface area contributed by atoms with Gasteiger partial charge in [0.2, 0.25) is 0 Å². The van der Waals surface area contributed by atoms with Crippen LogP contribution in [0.5, 0.6) is 0 Å². The largest absolute Gasteiger partial charge is 0.465 e.